The van der Waals surface area contributed by atoms with Gasteiger partial charge in [0, 0.05) is 25.3 Å². The molecule has 0 radical (unpaired) electrons. The lowest BCUT2D eigenvalue weighted by Gasteiger charge is -2.16. The summed E-state index contributed by atoms with van der Waals surface area (Å²) in [6.07, 6.45) is -2.58. The molecule has 1 saturated heterocycles. The zero-order valence-electron chi connectivity index (χ0n) is 10.3. The van der Waals surface area contributed by atoms with Gasteiger partial charge in [-0.25, -0.2) is 4.98 Å². The van der Waals surface area contributed by atoms with Gasteiger partial charge in [-0.3, -0.25) is 0 Å². The number of nitrogens with zero attached hydrogens (tertiary/aromatic N) is 1. The molecule has 2 heterocycles. The van der Waals surface area contributed by atoms with E-state index in [1.54, 1.807) is 0 Å². The SMILES string of the molecule is CC1OCCC1CNc1ncc(C(F)(F)F)cc1Cl. The molecule has 1 aromatic rings. The number of hydrogen-bond acceptors (Lipinski definition) is 3. The molecule has 19 heavy (non-hydrogen) atoms. The Bertz CT molecular complexity index is 453. The van der Waals surface area contributed by atoms with E-state index in [1.807, 2.05) is 6.92 Å². The Morgan fingerprint density at radius 2 is 2.26 bits per heavy atom. The minimum atomic E-state index is -4.43. The molecule has 0 spiro atoms. The van der Waals surface area contributed by atoms with Gasteiger partial charge in [0.2, 0.25) is 0 Å². The van der Waals surface area contributed by atoms with E-state index in [4.69, 9.17) is 16.3 Å². The second kappa shape index (κ2) is 5.54. The van der Waals surface area contributed by atoms with Crippen molar-refractivity contribution in [2.45, 2.75) is 25.6 Å². The first-order valence-electron chi connectivity index (χ1n) is 5.96. The minimum Gasteiger partial charge on any atom is -0.378 e. The lowest BCUT2D eigenvalue weighted by atomic mass is 10.0. The molecular weight excluding hydrogens is 281 g/mol. The van der Waals surface area contributed by atoms with Crippen LogP contribution in [0, 0.1) is 5.92 Å². The van der Waals surface area contributed by atoms with Crippen molar-refractivity contribution in [3.05, 3.63) is 22.8 Å². The van der Waals surface area contributed by atoms with E-state index in [0.717, 1.165) is 18.7 Å². The van der Waals surface area contributed by atoms with E-state index in [0.29, 0.717) is 19.1 Å². The standard InChI is InChI=1S/C12H14ClF3N2O/c1-7-8(2-3-19-7)5-17-11-10(13)4-9(6-18-11)12(14,15)16/h4,6-8H,2-3,5H2,1H3,(H,17,18). The van der Waals surface area contributed by atoms with Crippen LogP contribution in [0.2, 0.25) is 5.02 Å². The summed E-state index contributed by atoms with van der Waals surface area (Å²) in [5.41, 5.74) is -0.847. The van der Waals surface area contributed by atoms with Crippen LogP contribution in [0.4, 0.5) is 19.0 Å². The number of alkyl halides is 3. The highest BCUT2D eigenvalue weighted by atomic mass is 35.5. The molecule has 1 N–H and O–H groups in total. The normalized spacial score (nSPS) is 23.6. The summed E-state index contributed by atoms with van der Waals surface area (Å²) in [5.74, 6) is 0.592. The van der Waals surface area contributed by atoms with Crippen LogP contribution in [0.15, 0.2) is 12.3 Å². The summed E-state index contributed by atoms with van der Waals surface area (Å²) >= 11 is 5.80. The van der Waals surface area contributed by atoms with Crippen molar-refractivity contribution < 1.29 is 17.9 Å². The molecule has 0 amide bonds. The van der Waals surface area contributed by atoms with Crippen molar-refractivity contribution in [3.63, 3.8) is 0 Å². The Labute approximate surface area is 114 Å². The maximum absolute atomic E-state index is 12.4. The van der Waals surface area contributed by atoms with Crippen LogP contribution >= 0.6 is 11.6 Å². The molecule has 2 unspecified atom stereocenters. The lowest BCUT2D eigenvalue weighted by molar-refractivity contribution is -0.137. The van der Waals surface area contributed by atoms with Crippen LogP contribution in [0.5, 0.6) is 0 Å². The van der Waals surface area contributed by atoms with Crippen molar-refractivity contribution in [1.29, 1.82) is 0 Å². The number of nitrogens with one attached hydrogen (secondary N) is 1. The molecule has 2 atom stereocenters. The van der Waals surface area contributed by atoms with Gasteiger partial charge in [-0.15, -0.1) is 0 Å². The van der Waals surface area contributed by atoms with Crippen LogP contribution in [-0.2, 0) is 10.9 Å². The van der Waals surface area contributed by atoms with E-state index in [9.17, 15) is 13.2 Å². The number of rotatable bonds is 3. The fraction of sp³-hybridized carbons (Fsp3) is 0.583. The van der Waals surface area contributed by atoms with Crippen molar-refractivity contribution in [2.24, 2.45) is 5.92 Å². The summed E-state index contributed by atoms with van der Waals surface area (Å²) in [4.78, 5) is 3.73. The number of hydrogen-bond donors (Lipinski definition) is 1. The molecule has 1 aliphatic heterocycles. The summed E-state index contributed by atoms with van der Waals surface area (Å²) in [7, 11) is 0. The Hall–Kier alpha value is -1.01. The average Bonchev–Trinajstić information content (AvgIpc) is 2.72. The largest absolute Gasteiger partial charge is 0.417 e. The van der Waals surface area contributed by atoms with Crippen LogP contribution in [0.3, 0.4) is 0 Å². The monoisotopic (exact) mass is 294 g/mol. The van der Waals surface area contributed by atoms with E-state index in [2.05, 4.69) is 10.3 Å². The molecule has 1 aromatic heterocycles. The number of aromatic nitrogens is 1. The maximum Gasteiger partial charge on any atom is 0.417 e. The highest BCUT2D eigenvalue weighted by Crippen LogP contribution is 2.32. The predicted octanol–water partition coefficient (Wildman–Crippen LogP) is 3.59. The van der Waals surface area contributed by atoms with Crippen molar-refractivity contribution in [2.75, 3.05) is 18.5 Å². The van der Waals surface area contributed by atoms with Gasteiger partial charge < -0.3 is 10.1 Å². The van der Waals surface area contributed by atoms with Crippen LogP contribution in [0.25, 0.3) is 0 Å². The molecule has 0 aromatic carbocycles. The minimum absolute atomic E-state index is 0.0265. The van der Waals surface area contributed by atoms with Crippen molar-refractivity contribution >= 4 is 17.4 Å². The molecule has 1 aliphatic rings. The fourth-order valence-corrected chi connectivity index (χ4v) is 2.23. The molecular formula is C12H14ClF3N2O. The van der Waals surface area contributed by atoms with Gasteiger partial charge in [0.25, 0.3) is 0 Å². The second-order valence-corrected chi connectivity index (χ2v) is 4.96. The van der Waals surface area contributed by atoms with Gasteiger partial charge in [-0.1, -0.05) is 11.6 Å². The second-order valence-electron chi connectivity index (χ2n) is 4.56. The molecule has 0 bridgehead atoms. The first-order chi connectivity index (χ1) is 8.88. The summed E-state index contributed by atoms with van der Waals surface area (Å²) in [6.45, 7) is 3.27. The summed E-state index contributed by atoms with van der Waals surface area (Å²) < 4.78 is 42.7. The highest BCUT2D eigenvalue weighted by molar-refractivity contribution is 6.32. The van der Waals surface area contributed by atoms with Crippen molar-refractivity contribution in [3.8, 4) is 0 Å². The quantitative estimate of drug-likeness (QED) is 0.925. The molecule has 0 saturated carbocycles. The van der Waals surface area contributed by atoms with E-state index in [-0.39, 0.29) is 16.9 Å². The Morgan fingerprint density at radius 1 is 1.53 bits per heavy atom. The first kappa shape index (κ1) is 14.4. The van der Waals surface area contributed by atoms with Gasteiger partial charge in [0.15, 0.2) is 0 Å². The van der Waals surface area contributed by atoms with Crippen LogP contribution < -0.4 is 5.32 Å². The number of ether oxygens (including phenoxy) is 1. The van der Waals surface area contributed by atoms with Crippen LogP contribution in [0.1, 0.15) is 18.9 Å². The molecule has 0 aliphatic carbocycles. The topological polar surface area (TPSA) is 34.1 Å². The number of pyridine rings is 1. The third kappa shape index (κ3) is 3.51. The van der Waals surface area contributed by atoms with Gasteiger partial charge >= 0.3 is 6.18 Å². The fourth-order valence-electron chi connectivity index (χ4n) is 1.99. The summed E-state index contributed by atoms with van der Waals surface area (Å²) in [5, 5.41) is 2.95. The zero-order valence-corrected chi connectivity index (χ0v) is 11.1. The smallest absolute Gasteiger partial charge is 0.378 e. The highest BCUT2D eigenvalue weighted by Gasteiger charge is 2.31. The average molecular weight is 295 g/mol. The zero-order chi connectivity index (χ0) is 14.0. The third-order valence-corrected chi connectivity index (χ3v) is 3.52. The Kier molecular flexibility index (Phi) is 4.20. The number of anilines is 1. The van der Waals surface area contributed by atoms with Gasteiger partial charge in [-0.2, -0.15) is 13.2 Å². The molecule has 3 nitrogen and oxygen atoms in total. The first-order valence-corrected chi connectivity index (χ1v) is 6.34. The van der Waals surface area contributed by atoms with Gasteiger partial charge in [0.1, 0.15) is 5.82 Å². The van der Waals surface area contributed by atoms with E-state index >= 15 is 0 Å². The Balaban J connectivity index is 2.01. The van der Waals surface area contributed by atoms with E-state index in [1.165, 1.54) is 0 Å². The van der Waals surface area contributed by atoms with Crippen LogP contribution in [-0.4, -0.2) is 24.2 Å². The van der Waals surface area contributed by atoms with E-state index < -0.39 is 11.7 Å². The molecule has 2 rings (SSSR count). The lowest BCUT2D eigenvalue weighted by Crippen LogP contribution is -2.21. The number of halogens is 4. The summed E-state index contributed by atoms with van der Waals surface area (Å²) in [6, 6.07) is 0.880. The molecule has 1 fully saturated rings. The maximum atomic E-state index is 12.4. The predicted molar refractivity (Wildman–Crippen MR) is 66.3 cm³/mol. The van der Waals surface area contributed by atoms with Gasteiger partial charge in [0.05, 0.1) is 16.7 Å². The Morgan fingerprint density at radius 3 is 2.79 bits per heavy atom. The third-order valence-electron chi connectivity index (χ3n) is 3.23. The van der Waals surface area contributed by atoms with Crippen molar-refractivity contribution in [1.82, 2.24) is 4.98 Å². The molecule has 7 heteroatoms. The molecule has 106 valence electrons. The van der Waals surface area contributed by atoms with Gasteiger partial charge in [-0.05, 0) is 19.4 Å².